The van der Waals surface area contributed by atoms with Gasteiger partial charge >= 0.3 is 0 Å². The van der Waals surface area contributed by atoms with Gasteiger partial charge in [-0.25, -0.2) is 15.0 Å². The number of aromatic nitrogens is 4. The van der Waals surface area contributed by atoms with Crippen molar-refractivity contribution in [2.75, 3.05) is 37.0 Å². The van der Waals surface area contributed by atoms with E-state index in [1.54, 1.807) is 6.20 Å². The first kappa shape index (κ1) is 21.4. The van der Waals surface area contributed by atoms with E-state index in [0.29, 0.717) is 5.02 Å². The van der Waals surface area contributed by atoms with Crippen molar-refractivity contribution in [3.63, 3.8) is 0 Å². The van der Waals surface area contributed by atoms with E-state index in [0.717, 1.165) is 53.9 Å². The predicted molar refractivity (Wildman–Crippen MR) is 128 cm³/mol. The molecule has 1 fully saturated rings. The van der Waals surface area contributed by atoms with Gasteiger partial charge < -0.3 is 15.5 Å². The second-order valence-electron chi connectivity index (χ2n) is 8.70. The molecule has 0 saturated carbocycles. The summed E-state index contributed by atoms with van der Waals surface area (Å²) in [6.45, 7) is 1.84. The summed E-state index contributed by atoms with van der Waals surface area (Å²) in [6.07, 6.45) is 10.3. The van der Waals surface area contributed by atoms with Crippen LogP contribution in [0.3, 0.4) is 0 Å². The van der Waals surface area contributed by atoms with Gasteiger partial charge in [-0.15, -0.1) is 0 Å². The molecule has 4 heterocycles. The van der Waals surface area contributed by atoms with Gasteiger partial charge in [-0.3, -0.25) is 4.98 Å². The smallest absolute Gasteiger partial charge is 0.147 e. The molecule has 1 saturated heterocycles. The molecule has 1 aliphatic heterocycles. The number of anilines is 2. The van der Waals surface area contributed by atoms with Crippen molar-refractivity contribution in [1.82, 2.24) is 19.9 Å². The highest BCUT2D eigenvalue weighted by atomic mass is 35.5. The Morgan fingerprint density at radius 1 is 1.09 bits per heavy atom. The second kappa shape index (κ2) is 8.50. The minimum Gasteiger partial charge on any atom is -0.361 e. The molecule has 0 unspecified atom stereocenters. The van der Waals surface area contributed by atoms with Gasteiger partial charge in [0, 0.05) is 56.2 Å². The third kappa shape index (κ3) is 3.80. The van der Waals surface area contributed by atoms with Crippen LogP contribution in [0.25, 0.3) is 0 Å². The van der Waals surface area contributed by atoms with E-state index < -0.39 is 0 Å². The van der Waals surface area contributed by atoms with E-state index >= 15 is 0 Å². The van der Waals surface area contributed by atoms with Gasteiger partial charge in [-0.2, -0.15) is 0 Å². The van der Waals surface area contributed by atoms with Gasteiger partial charge in [0.2, 0.25) is 0 Å². The summed E-state index contributed by atoms with van der Waals surface area (Å²) >= 11 is 8.01. The normalized spacial score (nSPS) is 19.2. The van der Waals surface area contributed by atoms with Crippen molar-refractivity contribution < 1.29 is 0 Å². The molecule has 1 aliphatic carbocycles. The van der Waals surface area contributed by atoms with Crippen LogP contribution in [0, 0.1) is 5.41 Å². The summed E-state index contributed by atoms with van der Waals surface area (Å²) in [7, 11) is 3.85. The van der Waals surface area contributed by atoms with Crippen molar-refractivity contribution in [2.45, 2.75) is 35.2 Å². The fourth-order valence-electron chi connectivity index (χ4n) is 4.77. The van der Waals surface area contributed by atoms with Crippen LogP contribution >= 0.6 is 23.4 Å². The number of halogens is 1. The van der Waals surface area contributed by atoms with E-state index in [1.807, 2.05) is 49.7 Å². The number of nitrogens with two attached hydrogens (primary N) is 1. The minimum absolute atomic E-state index is 0.0652. The molecule has 0 radical (unpaired) electrons. The van der Waals surface area contributed by atoms with Crippen LogP contribution in [0.5, 0.6) is 0 Å². The number of piperidine rings is 1. The van der Waals surface area contributed by atoms with Crippen molar-refractivity contribution in [1.29, 1.82) is 0 Å². The maximum absolute atomic E-state index is 6.67. The Morgan fingerprint density at radius 3 is 2.59 bits per heavy atom. The van der Waals surface area contributed by atoms with Gasteiger partial charge in [0.05, 0.1) is 17.4 Å². The third-order valence-electron chi connectivity index (χ3n) is 6.61. The molecule has 2 N–H and O–H groups in total. The summed E-state index contributed by atoms with van der Waals surface area (Å²) in [5.74, 6) is 1.65. The molecule has 3 aromatic heterocycles. The van der Waals surface area contributed by atoms with Gasteiger partial charge in [0.25, 0.3) is 0 Å². The zero-order valence-corrected chi connectivity index (χ0v) is 19.8. The number of nitrogens with zero attached hydrogens (tertiary/aromatic N) is 6. The Morgan fingerprint density at radius 2 is 1.91 bits per heavy atom. The van der Waals surface area contributed by atoms with Gasteiger partial charge in [-0.1, -0.05) is 29.4 Å². The molecule has 166 valence electrons. The second-order valence-corrected chi connectivity index (χ2v) is 10.1. The highest BCUT2D eigenvalue weighted by Gasteiger charge is 2.46. The van der Waals surface area contributed by atoms with E-state index in [9.17, 15) is 0 Å². The monoisotopic (exact) mass is 467 g/mol. The average Bonchev–Trinajstić information content (AvgIpc) is 3.07. The highest BCUT2D eigenvalue weighted by molar-refractivity contribution is 7.99. The van der Waals surface area contributed by atoms with Crippen LogP contribution in [0.2, 0.25) is 5.02 Å². The maximum Gasteiger partial charge on any atom is 0.147 e. The van der Waals surface area contributed by atoms with Gasteiger partial charge in [0.15, 0.2) is 0 Å². The average molecular weight is 468 g/mol. The Labute approximate surface area is 197 Å². The number of hydrogen-bond acceptors (Lipinski definition) is 8. The van der Waals surface area contributed by atoms with Crippen LogP contribution in [0.4, 0.5) is 11.6 Å². The Bertz CT molecular complexity index is 1110. The van der Waals surface area contributed by atoms with E-state index in [4.69, 9.17) is 17.3 Å². The molecular weight excluding hydrogens is 442 g/mol. The molecule has 3 aromatic rings. The summed E-state index contributed by atoms with van der Waals surface area (Å²) in [6, 6.07) is 6.09. The van der Waals surface area contributed by atoms with Gasteiger partial charge in [-0.05, 0) is 42.4 Å². The summed E-state index contributed by atoms with van der Waals surface area (Å²) < 4.78 is 0. The van der Waals surface area contributed by atoms with Crippen LogP contribution < -0.4 is 15.5 Å². The van der Waals surface area contributed by atoms with Crippen LogP contribution in [-0.4, -0.2) is 47.1 Å². The van der Waals surface area contributed by atoms with Crippen molar-refractivity contribution >= 4 is 35.0 Å². The molecule has 0 amide bonds. The Kier molecular flexibility index (Phi) is 5.69. The lowest BCUT2D eigenvalue weighted by Gasteiger charge is -2.42. The Hall–Kier alpha value is -2.42. The Balaban J connectivity index is 1.25. The fraction of sp³-hybridized carbons (Fsp3) is 0.391. The zero-order chi connectivity index (χ0) is 22.3. The zero-order valence-electron chi connectivity index (χ0n) is 18.2. The molecule has 2 aliphatic rings. The molecule has 5 rings (SSSR count). The molecule has 32 heavy (non-hydrogen) atoms. The number of hydrogen-bond donors (Lipinski definition) is 1. The first-order chi connectivity index (χ1) is 15.5. The maximum atomic E-state index is 6.67. The van der Waals surface area contributed by atoms with Crippen LogP contribution in [0.1, 0.15) is 30.1 Å². The van der Waals surface area contributed by atoms with Crippen molar-refractivity contribution in [3.05, 3.63) is 59.3 Å². The molecular formula is C23H26ClN7S. The highest BCUT2D eigenvalue weighted by Crippen LogP contribution is 2.50. The van der Waals surface area contributed by atoms with Crippen molar-refractivity contribution in [2.24, 2.45) is 11.1 Å². The number of pyridine rings is 2. The summed E-state index contributed by atoms with van der Waals surface area (Å²) in [4.78, 5) is 23.3. The van der Waals surface area contributed by atoms with E-state index in [2.05, 4.69) is 30.9 Å². The van der Waals surface area contributed by atoms with Gasteiger partial charge in [0.1, 0.15) is 16.7 Å². The lowest BCUT2D eigenvalue weighted by molar-refractivity contribution is 0.186. The summed E-state index contributed by atoms with van der Waals surface area (Å²) in [5, 5.41) is 1.43. The first-order valence-electron chi connectivity index (χ1n) is 10.7. The number of fused-ring (bicyclic) bond motifs is 1. The lowest BCUT2D eigenvalue weighted by atomic mass is 9.73. The number of rotatable bonds is 4. The molecule has 0 bridgehead atoms. The predicted octanol–water partition coefficient (Wildman–Crippen LogP) is 3.98. The van der Waals surface area contributed by atoms with E-state index in [1.165, 1.54) is 23.0 Å². The standard InChI is InChI=1S/C23H26ClN7S/c1-30(2)22-20(24)17(5-9-27-22)32-19-14-28-18(13-29-19)31-10-6-23(7-11-31)12-16-15(21(23)25)4-3-8-26-16/h3-5,8-9,13-14,21H,6-7,10-12,25H2,1-2H3/t21-/m1/s1. The van der Waals surface area contributed by atoms with E-state index in [-0.39, 0.29) is 11.5 Å². The minimum atomic E-state index is 0.0652. The fourth-order valence-corrected chi connectivity index (χ4v) is 5.91. The molecule has 7 nitrogen and oxygen atoms in total. The van der Waals surface area contributed by atoms with Crippen LogP contribution in [0.15, 0.2) is 52.9 Å². The quantitative estimate of drug-likeness (QED) is 0.616. The topological polar surface area (TPSA) is 84.1 Å². The SMILES string of the molecule is CN(C)c1nccc(Sc2cnc(N3CCC4(CC3)Cc3ncccc3[C@H]4N)cn2)c1Cl. The molecule has 9 heteroatoms. The third-order valence-corrected chi connectivity index (χ3v) is 8.08. The molecule has 0 aromatic carbocycles. The molecule has 1 atom stereocenters. The summed E-state index contributed by atoms with van der Waals surface area (Å²) in [5.41, 5.74) is 9.16. The lowest BCUT2D eigenvalue weighted by Crippen LogP contribution is -2.44. The largest absolute Gasteiger partial charge is 0.361 e. The first-order valence-corrected chi connectivity index (χ1v) is 11.9. The molecule has 1 spiro atoms. The van der Waals surface area contributed by atoms with Crippen LogP contribution in [-0.2, 0) is 6.42 Å². The van der Waals surface area contributed by atoms with Crippen molar-refractivity contribution in [3.8, 4) is 0 Å².